The summed E-state index contributed by atoms with van der Waals surface area (Å²) in [4.78, 5) is 38.9. The topological polar surface area (TPSA) is 123 Å². The molecule has 0 unspecified atom stereocenters. The molecule has 0 bridgehead atoms. The summed E-state index contributed by atoms with van der Waals surface area (Å²) >= 11 is 0. The summed E-state index contributed by atoms with van der Waals surface area (Å²) in [5.74, 6) is 0.150. The number of rotatable bonds is 5. The van der Waals surface area contributed by atoms with Gasteiger partial charge in [-0.1, -0.05) is 0 Å². The minimum Gasteiger partial charge on any atom is -0.363 e. The van der Waals surface area contributed by atoms with Crippen molar-refractivity contribution in [2.45, 2.75) is 13.5 Å². The van der Waals surface area contributed by atoms with E-state index in [9.17, 15) is 19.7 Å². The van der Waals surface area contributed by atoms with E-state index in [4.69, 9.17) is 0 Å². The number of aromatic amines is 1. The maximum atomic E-state index is 11.5. The van der Waals surface area contributed by atoms with Crippen molar-refractivity contribution in [3.05, 3.63) is 61.0 Å². The number of anilines is 1. The summed E-state index contributed by atoms with van der Waals surface area (Å²) < 4.78 is 1.29. The van der Waals surface area contributed by atoms with Gasteiger partial charge in [-0.25, -0.2) is 9.78 Å². The van der Waals surface area contributed by atoms with Crippen LogP contribution in [0.4, 0.5) is 11.5 Å². The minimum absolute atomic E-state index is 0.0914. The number of hydrogen-bond acceptors (Lipinski definition) is 6. The lowest BCUT2D eigenvalue weighted by atomic mass is 10.2. The summed E-state index contributed by atoms with van der Waals surface area (Å²) in [6.45, 7) is 2.11. The molecule has 9 heteroatoms. The van der Waals surface area contributed by atoms with Gasteiger partial charge in [-0.3, -0.25) is 24.5 Å². The number of pyridine rings is 1. The molecule has 2 heterocycles. The Kier molecular flexibility index (Phi) is 4.12. The second kappa shape index (κ2) is 5.99. The van der Waals surface area contributed by atoms with Gasteiger partial charge in [-0.2, -0.15) is 0 Å². The Balaban J connectivity index is 2.11. The van der Waals surface area contributed by atoms with Gasteiger partial charge in [0.2, 0.25) is 5.82 Å². The van der Waals surface area contributed by atoms with E-state index in [1.54, 1.807) is 13.0 Å². The van der Waals surface area contributed by atoms with Gasteiger partial charge in [-0.05, 0) is 13.0 Å². The van der Waals surface area contributed by atoms with Crippen molar-refractivity contribution in [2.24, 2.45) is 0 Å². The molecule has 21 heavy (non-hydrogen) atoms. The molecule has 2 aromatic heterocycles. The van der Waals surface area contributed by atoms with Gasteiger partial charge < -0.3 is 5.32 Å². The van der Waals surface area contributed by atoms with Crippen molar-refractivity contribution in [1.82, 2.24) is 14.5 Å². The Morgan fingerprint density at radius 1 is 1.43 bits per heavy atom. The van der Waals surface area contributed by atoms with Crippen LogP contribution in [0.3, 0.4) is 0 Å². The quantitative estimate of drug-likeness (QED) is 0.601. The standard InChI is InChI=1S/C12H13N5O4/c1-8-2-4-13-11(10(8)17(20)21)14-5-7-16-6-3-9(18)15-12(16)19/h2-4,6H,5,7H2,1H3,(H,13,14)(H,15,18,19). The maximum absolute atomic E-state index is 11.5. The molecular formula is C12H13N5O4. The predicted octanol–water partition coefficient (Wildman–Crippen LogP) is 0.260. The van der Waals surface area contributed by atoms with Crippen LogP contribution in [0.25, 0.3) is 0 Å². The highest BCUT2D eigenvalue weighted by Gasteiger charge is 2.17. The van der Waals surface area contributed by atoms with Gasteiger partial charge in [0.15, 0.2) is 0 Å². The zero-order valence-electron chi connectivity index (χ0n) is 11.2. The van der Waals surface area contributed by atoms with Gasteiger partial charge in [0, 0.05) is 37.1 Å². The van der Waals surface area contributed by atoms with Crippen LogP contribution in [0.15, 0.2) is 34.1 Å². The van der Waals surface area contributed by atoms with Gasteiger partial charge in [-0.15, -0.1) is 0 Å². The van der Waals surface area contributed by atoms with Crippen molar-refractivity contribution in [3.8, 4) is 0 Å². The molecule has 0 aromatic carbocycles. The molecule has 0 amide bonds. The molecule has 2 rings (SSSR count). The average molecular weight is 291 g/mol. The lowest BCUT2D eigenvalue weighted by Gasteiger charge is -2.08. The van der Waals surface area contributed by atoms with Crippen LogP contribution in [0.2, 0.25) is 0 Å². The smallest absolute Gasteiger partial charge is 0.328 e. The highest BCUT2D eigenvalue weighted by molar-refractivity contribution is 5.59. The number of aromatic nitrogens is 3. The molecule has 0 saturated heterocycles. The zero-order valence-corrected chi connectivity index (χ0v) is 11.2. The number of nitro groups is 1. The lowest BCUT2D eigenvalue weighted by molar-refractivity contribution is -0.384. The molecule has 0 saturated carbocycles. The zero-order chi connectivity index (χ0) is 15.4. The Morgan fingerprint density at radius 3 is 2.86 bits per heavy atom. The van der Waals surface area contributed by atoms with Crippen molar-refractivity contribution >= 4 is 11.5 Å². The van der Waals surface area contributed by atoms with E-state index in [0.29, 0.717) is 5.56 Å². The van der Waals surface area contributed by atoms with Gasteiger partial charge in [0.05, 0.1) is 4.92 Å². The van der Waals surface area contributed by atoms with E-state index in [1.165, 1.54) is 23.0 Å². The first-order valence-corrected chi connectivity index (χ1v) is 6.12. The number of H-pyrrole nitrogens is 1. The average Bonchev–Trinajstić information content (AvgIpc) is 2.41. The van der Waals surface area contributed by atoms with Gasteiger partial charge >= 0.3 is 11.4 Å². The molecule has 0 aliphatic heterocycles. The third-order valence-electron chi connectivity index (χ3n) is 2.85. The number of nitrogens with one attached hydrogen (secondary N) is 2. The summed E-state index contributed by atoms with van der Waals surface area (Å²) in [5, 5.41) is 13.8. The van der Waals surface area contributed by atoms with E-state index in [0.717, 1.165) is 0 Å². The Bertz CT molecular complexity index is 780. The first-order chi connectivity index (χ1) is 9.99. The fourth-order valence-electron chi connectivity index (χ4n) is 1.83. The van der Waals surface area contributed by atoms with Crippen molar-refractivity contribution in [1.29, 1.82) is 0 Å². The van der Waals surface area contributed by atoms with Crippen LogP contribution in [0.1, 0.15) is 5.56 Å². The number of hydrogen-bond donors (Lipinski definition) is 2. The Labute approximate surface area is 118 Å². The summed E-state index contributed by atoms with van der Waals surface area (Å²) in [6, 6.07) is 2.78. The second-order valence-corrected chi connectivity index (χ2v) is 4.31. The maximum Gasteiger partial charge on any atom is 0.328 e. The van der Waals surface area contributed by atoms with Crippen LogP contribution < -0.4 is 16.6 Å². The van der Waals surface area contributed by atoms with E-state index < -0.39 is 16.2 Å². The van der Waals surface area contributed by atoms with E-state index in [2.05, 4.69) is 15.3 Å². The molecule has 0 aliphatic rings. The Hall–Kier alpha value is -2.97. The van der Waals surface area contributed by atoms with Crippen LogP contribution in [-0.2, 0) is 6.54 Å². The predicted molar refractivity (Wildman–Crippen MR) is 75.4 cm³/mol. The van der Waals surface area contributed by atoms with Crippen molar-refractivity contribution < 1.29 is 4.92 Å². The molecule has 9 nitrogen and oxygen atoms in total. The highest BCUT2D eigenvalue weighted by Crippen LogP contribution is 2.24. The SMILES string of the molecule is Cc1ccnc(NCCn2ccc(=O)[nH]c2=O)c1[N+](=O)[O-]. The highest BCUT2D eigenvalue weighted by atomic mass is 16.6. The molecule has 110 valence electrons. The lowest BCUT2D eigenvalue weighted by Crippen LogP contribution is -2.30. The van der Waals surface area contributed by atoms with Crippen LogP contribution in [0.5, 0.6) is 0 Å². The van der Waals surface area contributed by atoms with Crippen LogP contribution in [-0.4, -0.2) is 26.0 Å². The molecule has 0 radical (unpaired) electrons. The summed E-state index contributed by atoms with van der Waals surface area (Å²) in [7, 11) is 0. The molecule has 0 fully saturated rings. The monoisotopic (exact) mass is 291 g/mol. The van der Waals surface area contributed by atoms with Crippen LogP contribution in [0, 0.1) is 17.0 Å². The minimum atomic E-state index is -0.531. The first kappa shape index (κ1) is 14.4. The van der Waals surface area contributed by atoms with Crippen LogP contribution >= 0.6 is 0 Å². The van der Waals surface area contributed by atoms with E-state index in [-0.39, 0.29) is 24.6 Å². The van der Waals surface area contributed by atoms with Gasteiger partial charge in [0.1, 0.15) is 0 Å². The Morgan fingerprint density at radius 2 is 2.19 bits per heavy atom. The number of aryl methyl sites for hydroxylation is 1. The molecule has 0 spiro atoms. The molecule has 2 aromatic rings. The second-order valence-electron chi connectivity index (χ2n) is 4.31. The molecule has 2 N–H and O–H groups in total. The van der Waals surface area contributed by atoms with Crippen molar-refractivity contribution in [2.75, 3.05) is 11.9 Å². The molecule has 0 aliphatic carbocycles. The van der Waals surface area contributed by atoms with Crippen molar-refractivity contribution in [3.63, 3.8) is 0 Å². The molecular weight excluding hydrogens is 278 g/mol. The first-order valence-electron chi connectivity index (χ1n) is 6.12. The normalized spacial score (nSPS) is 10.3. The van der Waals surface area contributed by atoms with Gasteiger partial charge in [0.25, 0.3) is 5.56 Å². The summed E-state index contributed by atoms with van der Waals surface area (Å²) in [6.07, 6.45) is 2.83. The fourth-order valence-corrected chi connectivity index (χ4v) is 1.83. The molecule has 0 atom stereocenters. The third-order valence-corrected chi connectivity index (χ3v) is 2.85. The van der Waals surface area contributed by atoms with E-state index in [1.807, 2.05) is 0 Å². The summed E-state index contributed by atoms with van der Waals surface area (Å²) in [5.41, 5.74) is -0.596. The van der Waals surface area contributed by atoms with E-state index >= 15 is 0 Å². The number of nitrogens with zero attached hydrogens (tertiary/aromatic N) is 3. The fraction of sp³-hybridized carbons (Fsp3) is 0.250. The largest absolute Gasteiger partial charge is 0.363 e. The third kappa shape index (κ3) is 3.32.